The van der Waals surface area contributed by atoms with E-state index in [4.69, 9.17) is 4.74 Å². The summed E-state index contributed by atoms with van der Waals surface area (Å²) >= 11 is 0. The molecule has 7 aromatic carbocycles. The van der Waals surface area contributed by atoms with Crippen LogP contribution in [0.3, 0.4) is 0 Å². The molecule has 12 heteroatoms. The molecule has 0 aliphatic heterocycles. The smallest absolute Gasteiger partial charge is 0.255 e. The quantitative estimate of drug-likeness (QED) is 0.0688. The predicted octanol–water partition coefficient (Wildman–Crippen LogP) is 10.3. The molecule has 0 aliphatic carbocycles. The van der Waals surface area contributed by atoms with Crippen molar-refractivity contribution in [3.8, 4) is 28.7 Å². The fourth-order valence-electron chi connectivity index (χ4n) is 5.82. The Kier molecular flexibility index (Phi) is 9.64. The fraction of sp³-hybridized carbons (Fsp3) is 0.0476. The Hall–Kier alpha value is -7.60. The summed E-state index contributed by atoms with van der Waals surface area (Å²) in [5, 5.41) is 64.1. The number of hydrogen-bond donors (Lipinski definition) is 5. The Morgan fingerprint density at radius 1 is 0.574 bits per heavy atom. The van der Waals surface area contributed by atoms with Gasteiger partial charge in [-0.3, -0.25) is 9.59 Å². The zero-order chi connectivity index (χ0) is 37.8. The van der Waals surface area contributed by atoms with E-state index >= 15 is 0 Å². The summed E-state index contributed by atoms with van der Waals surface area (Å²) in [6.07, 6.45) is 0.0251. The normalized spacial score (nSPS) is 11.4. The Balaban J connectivity index is 1.01. The molecule has 0 radical (unpaired) electrons. The molecule has 1 amide bonds. The molecule has 7 rings (SSSR count). The van der Waals surface area contributed by atoms with Gasteiger partial charge < -0.3 is 30.5 Å². The van der Waals surface area contributed by atoms with Crippen molar-refractivity contribution in [2.75, 3.05) is 12.4 Å². The minimum atomic E-state index is -0.468. The number of phenols is 4. The second-order valence-electron chi connectivity index (χ2n) is 12.2. The van der Waals surface area contributed by atoms with Gasteiger partial charge in [0.2, 0.25) is 0 Å². The number of carbonyl (C=O) groups excluding carboxylic acids is 2. The number of aromatic hydroxyl groups is 4. The van der Waals surface area contributed by atoms with Gasteiger partial charge in [-0.2, -0.15) is 0 Å². The van der Waals surface area contributed by atoms with Crippen LogP contribution in [-0.4, -0.2) is 39.2 Å². The maximum absolute atomic E-state index is 13.2. The number of fused-ring (bicyclic) bond motifs is 2. The second-order valence-corrected chi connectivity index (χ2v) is 12.2. The van der Waals surface area contributed by atoms with Gasteiger partial charge in [0.15, 0.2) is 17.3 Å². The third-order valence-corrected chi connectivity index (χ3v) is 8.70. The number of Topliss-reactive ketones (excluding diaryl/α,β-unsaturated/α-hetero) is 1. The molecular weight excluding hydrogens is 686 g/mol. The molecule has 0 heterocycles. The first-order chi connectivity index (χ1) is 26.2. The van der Waals surface area contributed by atoms with Crippen LogP contribution in [0.5, 0.6) is 28.7 Å². The topological polar surface area (TPSA) is 186 Å². The molecule has 0 unspecified atom stereocenters. The lowest BCUT2D eigenvalue weighted by Gasteiger charge is -2.09. The highest BCUT2D eigenvalue weighted by Gasteiger charge is 2.15. The van der Waals surface area contributed by atoms with E-state index in [2.05, 4.69) is 25.8 Å². The van der Waals surface area contributed by atoms with E-state index < -0.39 is 5.91 Å². The lowest BCUT2D eigenvalue weighted by Crippen LogP contribution is -2.11. The van der Waals surface area contributed by atoms with Crippen LogP contribution in [0, 0.1) is 0 Å². The van der Waals surface area contributed by atoms with Crippen molar-refractivity contribution in [1.29, 1.82) is 0 Å². The molecule has 7 aromatic rings. The number of phenolic OH excluding ortho intramolecular Hbond substituents is 4. The summed E-state index contributed by atoms with van der Waals surface area (Å²) in [6, 6.07) is 34.5. The van der Waals surface area contributed by atoms with E-state index in [1.54, 1.807) is 60.7 Å². The summed E-state index contributed by atoms with van der Waals surface area (Å²) in [5.41, 5.74) is 2.04. The number of methoxy groups -OCH3 is 1. The Labute approximate surface area is 308 Å². The standard InChI is InChI=1S/C42H31N5O7/c1-54-39-23-35(41(52)31-9-5-4-8-30(31)39)47-46-33-21-26(13-18-36(33)48)38(50)20-24-10-15-28(16-11-24)43-42(53)27-14-19-37(49)34(22-27)45-44-32-17-12-25-6-2-3-7-29(25)40(32)51/h2-19,21-23,48-49,51-52H,20H2,1H3,(H,43,53). The summed E-state index contributed by atoms with van der Waals surface area (Å²) in [5.74, 6) is -0.772. The van der Waals surface area contributed by atoms with E-state index in [-0.39, 0.29) is 69.1 Å². The summed E-state index contributed by atoms with van der Waals surface area (Å²) in [7, 11) is 1.51. The van der Waals surface area contributed by atoms with Crippen molar-refractivity contribution in [2.45, 2.75) is 6.42 Å². The highest BCUT2D eigenvalue weighted by atomic mass is 16.5. The zero-order valence-corrected chi connectivity index (χ0v) is 28.6. The fourth-order valence-corrected chi connectivity index (χ4v) is 5.82. The first-order valence-corrected chi connectivity index (χ1v) is 16.6. The number of hydrogen-bond acceptors (Lipinski definition) is 11. The van der Waals surface area contributed by atoms with Crippen LogP contribution < -0.4 is 10.1 Å². The van der Waals surface area contributed by atoms with Crippen LogP contribution >= 0.6 is 0 Å². The molecular formula is C42H31N5O7. The van der Waals surface area contributed by atoms with E-state index in [9.17, 15) is 30.0 Å². The van der Waals surface area contributed by atoms with Gasteiger partial charge >= 0.3 is 0 Å². The molecule has 0 saturated carbocycles. The number of ether oxygens (including phenoxy) is 1. The van der Waals surface area contributed by atoms with Crippen LogP contribution in [0.25, 0.3) is 21.5 Å². The SMILES string of the molecule is COc1cc(N=Nc2cc(C(=O)Cc3ccc(NC(=O)c4ccc(O)c(N=Nc5ccc6ccccc6c5O)c4)cc3)ccc2O)c(O)c2ccccc12. The predicted molar refractivity (Wildman–Crippen MR) is 205 cm³/mol. The van der Waals surface area contributed by atoms with Crippen molar-refractivity contribution in [2.24, 2.45) is 20.5 Å². The third kappa shape index (κ3) is 7.25. The lowest BCUT2D eigenvalue weighted by atomic mass is 10.0. The molecule has 266 valence electrons. The van der Waals surface area contributed by atoms with Crippen LogP contribution in [0.15, 0.2) is 148 Å². The lowest BCUT2D eigenvalue weighted by molar-refractivity contribution is 0.0990. The van der Waals surface area contributed by atoms with Gasteiger partial charge in [0.25, 0.3) is 5.91 Å². The van der Waals surface area contributed by atoms with Crippen molar-refractivity contribution in [1.82, 2.24) is 0 Å². The molecule has 5 N–H and O–H groups in total. The Bertz CT molecular complexity index is 2640. The molecule has 0 atom stereocenters. The number of carbonyl (C=O) groups is 2. The molecule has 0 fully saturated rings. The maximum Gasteiger partial charge on any atom is 0.255 e. The molecule has 12 nitrogen and oxygen atoms in total. The largest absolute Gasteiger partial charge is 0.506 e. The average molecular weight is 718 g/mol. The zero-order valence-electron chi connectivity index (χ0n) is 28.6. The number of benzene rings is 7. The van der Waals surface area contributed by atoms with Crippen molar-refractivity contribution in [3.63, 3.8) is 0 Å². The summed E-state index contributed by atoms with van der Waals surface area (Å²) in [6.45, 7) is 0. The van der Waals surface area contributed by atoms with Crippen molar-refractivity contribution < 1.29 is 34.8 Å². The van der Waals surface area contributed by atoms with Gasteiger partial charge in [-0.1, -0.05) is 66.7 Å². The van der Waals surface area contributed by atoms with Crippen LogP contribution in [0.2, 0.25) is 0 Å². The van der Waals surface area contributed by atoms with Gasteiger partial charge in [-0.15, -0.1) is 20.5 Å². The first kappa shape index (κ1) is 34.8. The van der Waals surface area contributed by atoms with Crippen molar-refractivity contribution in [3.05, 3.63) is 144 Å². The maximum atomic E-state index is 13.2. The minimum Gasteiger partial charge on any atom is -0.506 e. The first-order valence-electron chi connectivity index (χ1n) is 16.6. The number of nitrogens with one attached hydrogen (secondary N) is 1. The number of rotatable bonds is 10. The van der Waals surface area contributed by atoms with Gasteiger partial charge in [0.05, 0.1) is 7.11 Å². The van der Waals surface area contributed by atoms with Crippen molar-refractivity contribution >= 4 is 61.7 Å². The van der Waals surface area contributed by atoms with E-state index in [1.165, 1.54) is 49.6 Å². The number of ketones is 1. The second kappa shape index (κ2) is 14.9. The van der Waals surface area contributed by atoms with E-state index in [1.807, 2.05) is 24.3 Å². The number of azo groups is 2. The number of nitrogens with zero attached hydrogens (tertiary/aromatic N) is 4. The molecule has 0 spiro atoms. The van der Waals surface area contributed by atoms with Crippen LogP contribution in [0.1, 0.15) is 26.3 Å². The van der Waals surface area contributed by atoms with Gasteiger partial charge in [-0.25, -0.2) is 0 Å². The number of anilines is 1. The van der Waals surface area contributed by atoms with Gasteiger partial charge in [0, 0.05) is 45.5 Å². The monoisotopic (exact) mass is 717 g/mol. The molecule has 0 aliphatic rings. The molecule has 0 saturated heterocycles. The Morgan fingerprint density at radius 3 is 1.85 bits per heavy atom. The highest BCUT2D eigenvalue weighted by molar-refractivity contribution is 6.05. The molecule has 0 aromatic heterocycles. The average Bonchev–Trinajstić information content (AvgIpc) is 3.19. The summed E-state index contributed by atoms with van der Waals surface area (Å²) < 4.78 is 5.45. The van der Waals surface area contributed by atoms with E-state index in [0.29, 0.717) is 33.2 Å². The minimum absolute atomic E-state index is 0.0251. The highest BCUT2D eigenvalue weighted by Crippen LogP contribution is 2.42. The summed E-state index contributed by atoms with van der Waals surface area (Å²) in [4.78, 5) is 26.3. The molecule has 54 heavy (non-hydrogen) atoms. The number of amides is 1. The van der Waals surface area contributed by atoms with Crippen LogP contribution in [0.4, 0.5) is 28.4 Å². The Morgan fingerprint density at radius 2 is 1.15 bits per heavy atom. The van der Waals surface area contributed by atoms with Gasteiger partial charge in [-0.05, 0) is 65.5 Å². The molecule has 0 bridgehead atoms. The van der Waals surface area contributed by atoms with Crippen LogP contribution in [-0.2, 0) is 6.42 Å². The third-order valence-electron chi connectivity index (χ3n) is 8.70. The van der Waals surface area contributed by atoms with E-state index in [0.717, 1.165) is 5.39 Å². The van der Waals surface area contributed by atoms with Gasteiger partial charge in [0.1, 0.15) is 40.0 Å².